The predicted molar refractivity (Wildman–Crippen MR) is 81.4 cm³/mol. The van der Waals surface area contributed by atoms with Crippen molar-refractivity contribution >= 4 is 11.8 Å². The van der Waals surface area contributed by atoms with Crippen LogP contribution in [0.5, 0.6) is 0 Å². The highest BCUT2D eigenvalue weighted by Gasteiger charge is 2.18. The number of aromatic nitrogens is 3. The van der Waals surface area contributed by atoms with Gasteiger partial charge in [0.1, 0.15) is 5.82 Å². The Hall–Kier alpha value is -2.17. The van der Waals surface area contributed by atoms with Gasteiger partial charge in [-0.2, -0.15) is 4.98 Å². The zero-order valence-corrected chi connectivity index (χ0v) is 12.4. The number of rotatable bonds is 4. The molecular weight excluding hydrogens is 250 g/mol. The first-order chi connectivity index (χ1) is 9.49. The third-order valence-electron chi connectivity index (χ3n) is 3.41. The molecule has 20 heavy (non-hydrogen) atoms. The van der Waals surface area contributed by atoms with E-state index in [4.69, 9.17) is 5.73 Å². The Morgan fingerprint density at radius 2 is 1.95 bits per heavy atom. The fourth-order valence-corrected chi connectivity index (χ4v) is 2.13. The summed E-state index contributed by atoms with van der Waals surface area (Å²) in [5.41, 5.74) is 8.80. The van der Waals surface area contributed by atoms with Crippen LogP contribution in [0.3, 0.4) is 0 Å². The summed E-state index contributed by atoms with van der Waals surface area (Å²) >= 11 is 0. The highest BCUT2D eigenvalue weighted by Crippen LogP contribution is 2.27. The van der Waals surface area contributed by atoms with Crippen LogP contribution in [-0.4, -0.2) is 15.0 Å². The Balaban J connectivity index is 2.35. The zero-order valence-electron chi connectivity index (χ0n) is 12.4. The molecule has 106 valence electrons. The molecule has 2 aromatic heterocycles. The second-order valence-electron chi connectivity index (χ2n) is 5.29. The van der Waals surface area contributed by atoms with E-state index in [0.29, 0.717) is 11.9 Å². The van der Waals surface area contributed by atoms with E-state index < -0.39 is 0 Å². The monoisotopic (exact) mass is 271 g/mol. The summed E-state index contributed by atoms with van der Waals surface area (Å²) in [5.74, 6) is 1.48. The molecule has 2 heterocycles. The van der Waals surface area contributed by atoms with E-state index in [-0.39, 0.29) is 6.04 Å². The molecule has 1 atom stereocenters. The van der Waals surface area contributed by atoms with Gasteiger partial charge in [-0.1, -0.05) is 19.9 Å². The van der Waals surface area contributed by atoms with Gasteiger partial charge in [0.2, 0.25) is 5.95 Å². The van der Waals surface area contributed by atoms with Crippen LogP contribution in [0.25, 0.3) is 0 Å². The van der Waals surface area contributed by atoms with Crippen LogP contribution in [0.1, 0.15) is 36.7 Å². The molecule has 0 aliphatic rings. The van der Waals surface area contributed by atoms with Gasteiger partial charge in [-0.05, 0) is 31.4 Å². The Labute approximate surface area is 119 Å². The van der Waals surface area contributed by atoms with Gasteiger partial charge in [-0.3, -0.25) is 4.98 Å². The van der Waals surface area contributed by atoms with Gasteiger partial charge in [-0.25, -0.2) is 4.98 Å². The quantitative estimate of drug-likeness (QED) is 0.894. The predicted octanol–water partition coefficient (Wildman–Crippen LogP) is 2.88. The molecule has 0 bridgehead atoms. The van der Waals surface area contributed by atoms with E-state index in [0.717, 1.165) is 22.6 Å². The zero-order chi connectivity index (χ0) is 14.7. The lowest BCUT2D eigenvalue weighted by Gasteiger charge is -2.24. The Morgan fingerprint density at radius 1 is 1.20 bits per heavy atom. The van der Waals surface area contributed by atoms with Crippen LogP contribution in [0.15, 0.2) is 24.5 Å². The molecule has 2 rings (SSSR count). The molecule has 2 aromatic rings. The molecule has 0 saturated carbocycles. The smallest absolute Gasteiger partial charge is 0.222 e. The standard InChI is InChI=1S/C15H21N5/c1-9(2)13(12-6-5-7-17-8-12)19-14-10(3)11(4)18-15(16)20-14/h5-9,13H,1-4H3,(H3,16,18,19,20)/t13-/m1/s1. The minimum absolute atomic E-state index is 0.135. The molecule has 0 saturated heterocycles. The van der Waals surface area contributed by atoms with Crippen molar-refractivity contribution in [1.29, 1.82) is 0 Å². The van der Waals surface area contributed by atoms with Crippen LogP contribution < -0.4 is 11.1 Å². The molecule has 0 spiro atoms. The van der Waals surface area contributed by atoms with Crippen molar-refractivity contribution in [1.82, 2.24) is 15.0 Å². The third-order valence-corrected chi connectivity index (χ3v) is 3.41. The number of nitrogens with one attached hydrogen (secondary N) is 1. The third kappa shape index (κ3) is 3.04. The maximum Gasteiger partial charge on any atom is 0.222 e. The van der Waals surface area contributed by atoms with Gasteiger partial charge in [-0.15, -0.1) is 0 Å². The summed E-state index contributed by atoms with van der Waals surface area (Å²) < 4.78 is 0. The lowest BCUT2D eigenvalue weighted by molar-refractivity contribution is 0.543. The number of anilines is 2. The van der Waals surface area contributed by atoms with Crippen LogP contribution >= 0.6 is 0 Å². The second-order valence-corrected chi connectivity index (χ2v) is 5.29. The Kier molecular flexibility index (Phi) is 4.17. The van der Waals surface area contributed by atoms with Crippen molar-refractivity contribution in [2.75, 3.05) is 11.1 Å². The topological polar surface area (TPSA) is 76.7 Å². The SMILES string of the molecule is Cc1nc(N)nc(N[C@@H](c2cccnc2)C(C)C)c1C. The summed E-state index contributed by atoms with van der Waals surface area (Å²) in [4.78, 5) is 12.7. The molecule has 0 aromatic carbocycles. The largest absolute Gasteiger partial charge is 0.368 e. The maximum atomic E-state index is 5.74. The average Bonchev–Trinajstić information content (AvgIpc) is 2.41. The molecule has 0 aliphatic carbocycles. The van der Waals surface area contributed by atoms with Crippen molar-refractivity contribution in [2.24, 2.45) is 5.92 Å². The van der Waals surface area contributed by atoms with Gasteiger partial charge in [0.05, 0.1) is 6.04 Å². The molecule has 0 unspecified atom stereocenters. The molecule has 3 N–H and O–H groups in total. The van der Waals surface area contributed by atoms with E-state index in [2.05, 4.69) is 40.2 Å². The number of pyridine rings is 1. The van der Waals surface area contributed by atoms with E-state index in [1.807, 2.05) is 26.1 Å². The number of nitrogen functional groups attached to an aromatic ring is 1. The number of hydrogen-bond acceptors (Lipinski definition) is 5. The van der Waals surface area contributed by atoms with Crippen molar-refractivity contribution in [2.45, 2.75) is 33.7 Å². The van der Waals surface area contributed by atoms with Crippen molar-refractivity contribution in [3.8, 4) is 0 Å². The lowest BCUT2D eigenvalue weighted by Crippen LogP contribution is -2.19. The van der Waals surface area contributed by atoms with Crippen molar-refractivity contribution in [3.63, 3.8) is 0 Å². The summed E-state index contributed by atoms with van der Waals surface area (Å²) in [6.45, 7) is 8.26. The molecular formula is C15H21N5. The first-order valence-corrected chi connectivity index (χ1v) is 6.76. The van der Waals surface area contributed by atoms with Gasteiger partial charge < -0.3 is 11.1 Å². The van der Waals surface area contributed by atoms with Gasteiger partial charge in [0.25, 0.3) is 0 Å². The van der Waals surface area contributed by atoms with Crippen molar-refractivity contribution in [3.05, 3.63) is 41.3 Å². The summed E-state index contributed by atoms with van der Waals surface area (Å²) in [7, 11) is 0. The minimum Gasteiger partial charge on any atom is -0.368 e. The number of nitrogens with two attached hydrogens (primary N) is 1. The number of hydrogen-bond donors (Lipinski definition) is 2. The first kappa shape index (κ1) is 14.2. The van der Waals surface area contributed by atoms with Crippen LogP contribution in [0.2, 0.25) is 0 Å². The molecule has 0 fully saturated rings. The first-order valence-electron chi connectivity index (χ1n) is 6.76. The lowest BCUT2D eigenvalue weighted by atomic mass is 9.97. The summed E-state index contributed by atoms with van der Waals surface area (Å²) in [5, 5.41) is 3.47. The highest BCUT2D eigenvalue weighted by atomic mass is 15.1. The number of aryl methyl sites for hydroxylation is 1. The summed E-state index contributed by atoms with van der Waals surface area (Å²) in [6.07, 6.45) is 3.66. The average molecular weight is 271 g/mol. The van der Waals surface area contributed by atoms with Gasteiger partial charge in [0.15, 0.2) is 0 Å². The second kappa shape index (κ2) is 5.86. The van der Waals surface area contributed by atoms with Gasteiger partial charge in [0, 0.05) is 23.7 Å². The minimum atomic E-state index is 0.135. The van der Waals surface area contributed by atoms with Crippen LogP contribution in [0, 0.1) is 19.8 Å². The maximum absolute atomic E-state index is 5.74. The molecule has 0 aliphatic heterocycles. The number of nitrogens with zero attached hydrogens (tertiary/aromatic N) is 3. The fourth-order valence-electron chi connectivity index (χ4n) is 2.13. The molecule has 0 amide bonds. The van der Waals surface area contributed by atoms with Crippen molar-refractivity contribution < 1.29 is 0 Å². The highest BCUT2D eigenvalue weighted by molar-refractivity contribution is 5.50. The van der Waals surface area contributed by atoms with Crippen LogP contribution in [-0.2, 0) is 0 Å². The van der Waals surface area contributed by atoms with Crippen LogP contribution in [0.4, 0.5) is 11.8 Å². The Bertz CT molecular complexity index is 580. The molecule has 5 nitrogen and oxygen atoms in total. The Morgan fingerprint density at radius 3 is 2.55 bits per heavy atom. The normalized spacial score (nSPS) is 12.4. The van der Waals surface area contributed by atoms with E-state index >= 15 is 0 Å². The molecule has 5 heteroatoms. The summed E-state index contributed by atoms with van der Waals surface area (Å²) in [6, 6.07) is 4.15. The van der Waals surface area contributed by atoms with Gasteiger partial charge >= 0.3 is 0 Å². The fraction of sp³-hybridized carbons (Fsp3) is 0.400. The van der Waals surface area contributed by atoms with E-state index in [1.165, 1.54) is 0 Å². The molecule has 0 radical (unpaired) electrons. The van der Waals surface area contributed by atoms with E-state index in [9.17, 15) is 0 Å². The van der Waals surface area contributed by atoms with E-state index in [1.54, 1.807) is 6.20 Å².